The Kier molecular flexibility index (Phi) is 3.21. The van der Waals surface area contributed by atoms with Crippen molar-refractivity contribution in [3.05, 3.63) is 21.9 Å². The molecule has 1 aromatic rings. The minimum absolute atomic E-state index is 0.536. The second-order valence-electron chi connectivity index (χ2n) is 4.08. The van der Waals surface area contributed by atoms with Crippen molar-refractivity contribution in [2.24, 2.45) is 5.92 Å². The van der Waals surface area contributed by atoms with E-state index in [1.54, 1.807) is 11.3 Å². The van der Waals surface area contributed by atoms with E-state index >= 15 is 0 Å². The van der Waals surface area contributed by atoms with Crippen LogP contribution in [0.15, 0.2) is 10.8 Å². The summed E-state index contributed by atoms with van der Waals surface area (Å²) < 4.78 is 5.41. The third-order valence-electron chi connectivity index (χ3n) is 2.88. The van der Waals surface area contributed by atoms with E-state index in [1.165, 1.54) is 11.1 Å². The number of hydrogen-bond donors (Lipinski definition) is 1. The van der Waals surface area contributed by atoms with E-state index < -0.39 is 0 Å². The van der Waals surface area contributed by atoms with Gasteiger partial charge in [-0.1, -0.05) is 6.92 Å². The van der Waals surface area contributed by atoms with Gasteiger partial charge in [0.2, 0.25) is 0 Å². The maximum absolute atomic E-state index is 5.41. The molecule has 0 amide bonds. The van der Waals surface area contributed by atoms with Gasteiger partial charge in [-0.15, -0.1) is 0 Å². The summed E-state index contributed by atoms with van der Waals surface area (Å²) in [5.74, 6) is 0.647. The second kappa shape index (κ2) is 4.43. The monoisotopic (exact) mass is 211 g/mol. The molecule has 1 N–H and O–H groups in total. The molecular weight excluding hydrogens is 194 g/mol. The van der Waals surface area contributed by atoms with E-state index in [9.17, 15) is 0 Å². The van der Waals surface area contributed by atoms with Gasteiger partial charge in [0.1, 0.15) is 0 Å². The average molecular weight is 211 g/mol. The van der Waals surface area contributed by atoms with Crippen LogP contribution in [0.1, 0.15) is 18.1 Å². The zero-order valence-corrected chi connectivity index (χ0v) is 9.56. The summed E-state index contributed by atoms with van der Waals surface area (Å²) in [6.45, 7) is 7.16. The summed E-state index contributed by atoms with van der Waals surface area (Å²) >= 11 is 1.78. The van der Waals surface area contributed by atoms with E-state index in [1.807, 2.05) is 0 Å². The van der Waals surface area contributed by atoms with Gasteiger partial charge in [-0.3, -0.25) is 0 Å². The van der Waals surface area contributed by atoms with Gasteiger partial charge in [0.15, 0.2) is 0 Å². The molecule has 2 rings (SSSR count). The van der Waals surface area contributed by atoms with Crippen LogP contribution in [-0.4, -0.2) is 19.3 Å². The van der Waals surface area contributed by atoms with Crippen LogP contribution in [0.2, 0.25) is 0 Å². The Bertz CT molecular complexity index is 297. The third-order valence-corrected chi connectivity index (χ3v) is 3.79. The summed E-state index contributed by atoms with van der Waals surface area (Å²) in [5.41, 5.74) is 2.82. The summed E-state index contributed by atoms with van der Waals surface area (Å²) in [6, 6.07) is 0.536. The van der Waals surface area contributed by atoms with Crippen LogP contribution >= 0.6 is 11.3 Å². The molecule has 1 saturated heterocycles. The fourth-order valence-corrected chi connectivity index (χ4v) is 2.59. The van der Waals surface area contributed by atoms with Gasteiger partial charge in [-0.05, 0) is 34.7 Å². The molecule has 0 spiro atoms. The predicted octanol–water partition coefficient (Wildman–Crippen LogP) is 2.18. The fraction of sp³-hybridized carbons (Fsp3) is 0.636. The molecule has 0 saturated carbocycles. The normalized spacial score (nSPS) is 27.0. The van der Waals surface area contributed by atoms with E-state index in [2.05, 4.69) is 29.9 Å². The molecule has 1 aliphatic rings. The lowest BCUT2D eigenvalue weighted by molar-refractivity contribution is 0.184. The van der Waals surface area contributed by atoms with Crippen molar-refractivity contribution in [1.29, 1.82) is 0 Å². The Labute approximate surface area is 89.3 Å². The van der Waals surface area contributed by atoms with Crippen LogP contribution in [0.4, 0.5) is 0 Å². The first-order valence-electron chi connectivity index (χ1n) is 5.10. The van der Waals surface area contributed by atoms with Crippen LogP contribution < -0.4 is 5.32 Å². The van der Waals surface area contributed by atoms with E-state index in [0.29, 0.717) is 12.0 Å². The Morgan fingerprint density at radius 2 is 2.36 bits per heavy atom. The lowest BCUT2D eigenvalue weighted by atomic mass is 10.1. The highest BCUT2D eigenvalue weighted by molar-refractivity contribution is 7.08. The van der Waals surface area contributed by atoms with Gasteiger partial charge in [0, 0.05) is 12.6 Å². The minimum atomic E-state index is 0.536. The Morgan fingerprint density at radius 1 is 1.50 bits per heavy atom. The van der Waals surface area contributed by atoms with Crippen molar-refractivity contribution in [2.45, 2.75) is 26.4 Å². The fourth-order valence-electron chi connectivity index (χ4n) is 1.73. The molecule has 1 aromatic heterocycles. The zero-order chi connectivity index (χ0) is 9.97. The lowest BCUT2D eigenvalue weighted by Crippen LogP contribution is -2.33. The molecule has 2 atom stereocenters. The van der Waals surface area contributed by atoms with Crippen LogP contribution in [-0.2, 0) is 11.3 Å². The maximum Gasteiger partial charge on any atom is 0.0623 e. The Hall–Kier alpha value is -0.380. The molecular formula is C11H17NOS. The van der Waals surface area contributed by atoms with Gasteiger partial charge < -0.3 is 10.1 Å². The minimum Gasteiger partial charge on any atom is -0.379 e. The van der Waals surface area contributed by atoms with Gasteiger partial charge in [0.25, 0.3) is 0 Å². The molecule has 2 heterocycles. The molecule has 3 heteroatoms. The predicted molar refractivity (Wildman–Crippen MR) is 59.7 cm³/mol. The highest BCUT2D eigenvalue weighted by atomic mass is 32.1. The van der Waals surface area contributed by atoms with E-state index in [-0.39, 0.29) is 0 Å². The molecule has 0 aromatic carbocycles. The summed E-state index contributed by atoms with van der Waals surface area (Å²) in [5, 5.41) is 7.98. The Morgan fingerprint density at radius 3 is 2.93 bits per heavy atom. The quantitative estimate of drug-likeness (QED) is 0.827. The molecule has 1 fully saturated rings. The number of hydrogen-bond acceptors (Lipinski definition) is 3. The Balaban J connectivity index is 1.85. The van der Waals surface area contributed by atoms with Gasteiger partial charge in [0.05, 0.1) is 13.2 Å². The molecule has 14 heavy (non-hydrogen) atoms. The average Bonchev–Trinajstić information content (AvgIpc) is 2.72. The number of ether oxygens (including phenoxy) is 1. The number of nitrogens with one attached hydrogen (secondary N) is 1. The SMILES string of the molecule is Cc1cscc1CNC1COCC1C. The smallest absolute Gasteiger partial charge is 0.0623 e. The second-order valence-corrected chi connectivity index (χ2v) is 4.83. The molecule has 78 valence electrons. The van der Waals surface area contributed by atoms with Crippen molar-refractivity contribution in [1.82, 2.24) is 5.32 Å². The number of rotatable bonds is 3. The van der Waals surface area contributed by atoms with Crippen molar-refractivity contribution in [2.75, 3.05) is 13.2 Å². The van der Waals surface area contributed by atoms with Crippen LogP contribution in [0, 0.1) is 12.8 Å². The lowest BCUT2D eigenvalue weighted by Gasteiger charge is -2.14. The van der Waals surface area contributed by atoms with Crippen molar-refractivity contribution >= 4 is 11.3 Å². The molecule has 0 bridgehead atoms. The number of aryl methyl sites for hydroxylation is 1. The first kappa shape index (κ1) is 10.1. The van der Waals surface area contributed by atoms with Crippen molar-refractivity contribution in [3.63, 3.8) is 0 Å². The van der Waals surface area contributed by atoms with Gasteiger partial charge >= 0.3 is 0 Å². The molecule has 2 unspecified atom stereocenters. The van der Waals surface area contributed by atoms with E-state index in [0.717, 1.165) is 19.8 Å². The van der Waals surface area contributed by atoms with Crippen LogP contribution in [0.25, 0.3) is 0 Å². The van der Waals surface area contributed by atoms with Gasteiger partial charge in [-0.25, -0.2) is 0 Å². The van der Waals surface area contributed by atoms with E-state index in [4.69, 9.17) is 4.74 Å². The summed E-state index contributed by atoms with van der Waals surface area (Å²) in [4.78, 5) is 0. The largest absolute Gasteiger partial charge is 0.379 e. The molecule has 2 nitrogen and oxygen atoms in total. The third kappa shape index (κ3) is 2.16. The van der Waals surface area contributed by atoms with Crippen molar-refractivity contribution in [3.8, 4) is 0 Å². The summed E-state index contributed by atoms with van der Waals surface area (Å²) in [6.07, 6.45) is 0. The van der Waals surface area contributed by atoms with Crippen LogP contribution in [0.3, 0.4) is 0 Å². The zero-order valence-electron chi connectivity index (χ0n) is 8.75. The van der Waals surface area contributed by atoms with Crippen LogP contribution in [0.5, 0.6) is 0 Å². The standard InChI is InChI=1S/C11H17NOS/c1-8-4-13-5-11(8)12-3-10-7-14-6-9(10)2/h6-8,11-12H,3-5H2,1-2H3. The maximum atomic E-state index is 5.41. The molecule has 0 radical (unpaired) electrons. The first-order chi connectivity index (χ1) is 6.77. The highest BCUT2D eigenvalue weighted by Gasteiger charge is 2.23. The molecule has 1 aliphatic heterocycles. The summed E-state index contributed by atoms with van der Waals surface area (Å²) in [7, 11) is 0. The van der Waals surface area contributed by atoms with Gasteiger partial charge in [-0.2, -0.15) is 11.3 Å². The topological polar surface area (TPSA) is 21.3 Å². The van der Waals surface area contributed by atoms with Crippen molar-refractivity contribution < 1.29 is 4.74 Å². The molecule has 0 aliphatic carbocycles. The first-order valence-corrected chi connectivity index (χ1v) is 6.04. The number of thiophene rings is 1. The highest BCUT2D eigenvalue weighted by Crippen LogP contribution is 2.16.